The summed E-state index contributed by atoms with van der Waals surface area (Å²) >= 11 is 0. The second-order valence-corrected chi connectivity index (χ2v) is 9.66. The van der Waals surface area contributed by atoms with Crippen molar-refractivity contribution in [1.29, 1.82) is 0 Å². The molecule has 2 aromatic carbocycles. The van der Waals surface area contributed by atoms with Crippen molar-refractivity contribution in [1.82, 2.24) is 9.21 Å². The van der Waals surface area contributed by atoms with E-state index >= 15 is 0 Å². The molecule has 2 heterocycles. The number of halogens is 3. The van der Waals surface area contributed by atoms with Gasteiger partial charge in [0.2, 0.25) is 15.9 Å². The van der Waals surface area contributed by atoms with E-state index in [-0.39, 0.29) is 37.9 Å². The van der Waals surface area contributed by atoms with Crippen molar-refractivity contribution in [3.8, 4) is 0 Å². The fourth-order valence-electron chi connectivity index (χ4n) is 3.98. The molecule has 2 saturated heterocycles. The molecule has 0 spiro atoms. The number of carbonyl (C=O) groups excluding carboxylic acids is 1. The third kappa shape index (κ3) is 4.76. The van der Waals surface area contributed by atoms with Gasteiger partial charge in [-0.05, 0) is 23.3 Å². The molecule has 0 bridgehead atoms. The first-order valence-electron chi connectivity index (χ1n) is 9.72. The van der Waals surface area contributed by atoms with Crippen LogP contribution in [0.25, 0.3) is 0 Å². The van der Waals surface area contributed by atoms with Gasteiger partial charge in [0.05, 0.1) is 23.5 Å². The third-order valence-electron chi connectivity index (χ3n) is 5.54. The van der Waals surface area contributed by atoms with Gasteiger partial charge in [0.15, 0.2) is 0 Å². The number of amides is 1. The van der Waals surface area contributed by atoms with Crippen LogP contribution in [-0.2, 0) is 38.0 Å². The Morgan fingerprint density at radius 3 is 2.42 bits per heavy atom. The Bertz CT molecular complexity index is 1060. The molecule has 2 fully saturated rings. The number of morpholine rings is 1. The highest BCUT2D eigenvalue weighted by molar-refractivity contribution is 7.88. The molecular weight excluding hydrogens is 433 g/mol. The molecule has 0 aromatic heterocycles. The van der Waals surface area contributed by atoms with E-state index in [1.807, 2.05) is 0 Å². The van der Waals surface area contributed by atoms with E-state index in [1.165, 1.54) is 21.3 Å². The Kier molecular flexibility index (Phi) is 5.80. The Balaban J connectivity index is 1.52. The maximum Gasteiger partial charge on any atom is 0.416 e. The van der Waals surface area contributed by atoms with Gasteiger partial charge in [-0.1, -0.05) is 42.5 Å². The van der Waals surface area contributed by atoms with E-state index in [0.29, 0.717) is 11.1 Å². The van der Waals surface area contributed by atoms with Crippen molar-refractivity contribution in [2.45, 2.75) is 30.6 Å². The number of alkyl halides is 3. The van der Waals surface area contributed by atoms with Crippen LogP contribution in [0.2, 0.25) is 0 Å². The SMILES string of the molecule is O=C1COC2CN(S(=O)(=O)Cc3ccccc3)CC2N1Cc1cccc(C(F)(F)F)c1. The molecule has 166 valence electrons. The summed E-state index contributed by atoms with van der Waals surface area (Å²) in [6.45, 7) is -0.122. The predicted octanol–water partition coefficient (Wildman–Crippen LogP) is 2.65. The number of hydrogen-bond donors (Lipinski definition) is 0. The quantitative estimate of drug-likeness (QED) is 0.697. The summed E-state index contributed by atoms with van der Waals surface area (Å²) in [5.41, 5.74) is 0.186. The minimum Gasteiger partial charge on any atom is -0.365 e. The number of fused-ring (bicyclic) bond motifs is 1. The van der Waals surface area contributed by atoms with Gasteiger partial charge in [0, 0.05) is 19.6 Å². The van der Waals surface area contributed by atoms with Crippen LogP contribution in [0.5, 0.6) is 0 Å². The van der Waals surface area contributed by atoms with Gasteiger partial charge in [-0.3, -0.25) is 4.79 Å². The molecule has 0 N–H and O–H groups in total. The van der Waals surface area contributed by atoms with Crippen molar-refractivity contribution in [2.24, 2.45) is 0 Å². The van der Waals surface area contributed by atoms with Crippen LogP contribution >= 0.6 is 0 Å². The number of ether oxygens (including phenoxy) is 1. The summed E-state index contributed by atoms with van der Waals surface area (Å²) in [5.74, 6) is -0.546. The van der Waals surface area contributed by atoms with Crippen LogP contribution in [0.4, 0.5) is 13.2 Å². The van der Waals surface area contributed by atoms with E-state index in [2.05, 4.69) is 0 Å². The van der Waals surface area contributed by atoms with Crippen LogP contribution in [0.15, 0.2) is 54.6 Å². The number of carbonyl (C=O) groups is 1. The molecule has 2 aliphatic heterocycles. The van der Waals surface area contributed by atoms with Crippen molar-refractivity contribution in [2.75, 3.05) is 19.7 Å². The first-order chi connectivity index (χ1) is 14.6. The van der Waals surface area contributed by atoms with E-state index in [4.69, 9.17) is 4.74 Å². The molecule has 0 radical (unpaired) electrons. The molecule has 2 atom stereocenters. The average Bonchev–Trinajstić information content (AvgIpc) is 3.16. The maximum absolute atomic E-state index is 13.0. The molecule has 2 aliphatic rings. The highest BCUT2D eigenvalue weighted by atomic mass is 32.2. The normalized spacial score (nSPS) is 22.5. The molecule has 6 nitrogen and oxygen atoms in total. The van der Waals surface area contributed by atoms with E-state index in [9.17, 15) is 26.4 Å². The second kappa shape index (κ2) is 8.25. The summed E-state index contributed by atoms with van der Waals surface area (Å²) in [6, 6.07) is 13.0. The standard InChI is InChI=1S/C21H21F3N2O4S/c22-21(23,24)17-8-4-7-16(9-17)10-26-18-11-25(12-19(18)30-13-20(26)27)31(28,29)14-15-5-2-1-3-6-15/h1-9,18-19H,10-14H2. The smallest absolute Gasteiger partial charge is 0.365 e. The number of benzene rings is 2. The van der Waals surface area contributed by atoms with Crippen LogP contribution in [-0.4, -0.2) is 55.4 Å². The zero-order valence-electron chi connectivity index (χ0n) is 16.5. The van der Waals surface area contributed by atoms with Gasteiger partial charge in [-0.2, -0.15) is 17.5 Å². The summed E-state index contributed by atoms with van der Waals surface area (Å²) in [5, 5.41) is 0. The van der Waals surface area contributed by atoms with Gasteiger partial charge in [-0.25, -0.2) is 8.42 Å². The summed E-state index contributed by atoms with van der Waals surface area (Å²) in [6.07, 6.45) is -5.00. The van der Waals surface area contributed by atoms with Crippen LogP contribution < -0.4 is 0 Å². The summed E-state index contributed by atoms with van der Waals surface area (Å²) < 4.78 is 71.7. The van der Waals surface area contributed by atoms with Crippen LogP contribution in [0.3, 0.4) is 0 Å². The van der Waals surface area contributed by atoms with E-state index in [0.717, 1.165) is 12.1 Å². The second-order valence-electron chi connectivity index (χ2n) is 7.70. The fourth-order valence-corrected chi connectivity index (χ4v) is 5.53. The first-order valence-corrected chi connectivity index (χ1v) is 11.3. The highest BCUT2D eigenvalue weighted by Crippen LogP contribution is 2.31. The molecule has 31 heavy (non-hydrogen) atoms. The number of rotatable bonds is 5. The third-order valence-corrected chi connectivity index (χ3v) is 7.32. The van der Waals surface area contributed by atoms with Crippen molar-refractivity contribution >= 4 is 15.9 Å². The number of nitrogens with zero attached hydrogens (tertiary/aromatic N) is 2. The minimum atomic E-state index is -4.48. The minimum absolute atomic E-state index is 0.0418. The molecule has 0 aliphatic carbocycles. The monoisotopic (exact) mass is 454 g/mol. The topological polar surface area (TPSA) is 66.9 Å². The van der Waals surface area contributed by atoms with Crippen molar-refractivity contribution in [3.05, 3.63) is 71.3 Å². The van der Waals surface area contributed by atoms with Gasteiger partial charge >= 0.3 is 6.18 Å². The van der Waals surface area contributed by atoms with Crippen molar-refractivity contribution in [3.63, 3.8) is 0 Å². The lowest BCUT2D eigenvalue weighted by Gasteiger charge is -2.36. The summed E-state index contributed by atoms with van der Waals surface area (Å²) in [7, 11) is -3.64. The lowest BCUT2D eigenvalue weighted by Crippen LogP contribution is -2.53. The molecule has 2 aromatic rings. The average molecular weight is 454 g/mol. The zero-order valence-corrected chi connectivity index (χ0v) is 17.3. The maximum atomic E-state index is 13.0. The van der Waals surface area contributed by atoms with Gasteiger partial charge in [0.25, 0.3) is 0 Å². The Morgan fingerprint density at radius 1 is 1.00 bits per heavy atom. The van der Waals surface area contributed by atoms with Gasteiger partial charge in [-0.15, -0.1) is 0 Å². The molecule has 1 amide bonds. The Hall–Kier alpha value is -2.43. The van der Waals surface area contributed by atoms with Gasteiger partial charge < -0.3 is 9.64 Å². The molecule has 4 rings (SSSR count). The molecule has 2 unspecified atom stereocenters. The lowest BCUT2D eigenvalue weighted by molar-refractivity contribution is -0.153. The largest absolute Gasteiger partial charge is 0.416 e. The first kappa shape index (κ1) is 21.8. The lowest BCUT2D eigenvalue weighted by atomic mass is 10.1. The molecule has 10 heteroatoms. The summed E-state index contributed by atoms with van der Waals surface area (Å²) in [4.78, 5) is 13.9. The number of hydrogen-bond acceptors (Lipinski definition) is 4. The van der Waals surface area contributed by atoms with Gasteiger partial charge in [0.1, 0.15) is 6.61 Å². The Labute approximate surface area is 178 Å². The highest BCUT2D eigenvalue weighted by Gasteiger charge is 2.46. The molecule has 0 saturated carbocycles. The predicted molar refractivity (Wildman–Crippen MR) is 106 cm³/mol. The fraction of sp³-hybridized carbons (Fsp3) is 0.381. The van der Waals surface area contributed by atoms with Crippen molar-refractivity contribution < 1.29 is 31.1 Å². The Morgan fingerprint density at radius 2 is 1.71 bits per heavy atom. The van der Waals surface area contributed by atoms with Crippen LogP contribution in [0, 0.1) is 0 Å². The van der Waals surface area contributed by atoms with Crippen LogP contribution in [0.1, 0.15) is 16.7 Å². The zero-order chi connectivity index (χ0) is 22.2. The number of sulfonamides is 1. The van der Waals surface area contributed by atoms with E-state index in [1.54, 1.807) is 30.3 Å². The molecular formula is C21H21F3N2O4S. The van der Waals surface area contributed by atoms with E-state index < -0.39 is 33.9 Å².